The first-order valence-corrected chi connectivity index (χ1v) is 10.3. The van der Waals surface area contributed by atoms with Gasteiger partial charge in [-0.25, -0.2) is 0 Å². The standard InChI is InChI=1S/C26H26N2O3/c1-27(17-18-9-5-4-6-10-18)26(30)23-21-11-7-8-12-22(21)25(29)28(2)24(23)19-13-15-20(31-3)16-14-19/h4-16,23-24H,17H2,1-3H3. The highest BCUT2D eigenvalue weighted by molar-refractivity contribution is 6.01. The van der Waals surface area contributed by atoms with Crippen molar-refractivity contribution < 1.29 is 14.3 Å². The van der Waals surface area contributed by atoms with Gasteiger partial charge in [-0.15, -0.1) is 0 Å². The molecule has 158 valence electrons. The average Bonchev–Trinajstić information content (AvgIpc) is 2.81. The molecule has 0 saturated heterocycles. The van der Waals surface area contributed by atoms with Crippen molar-refractivity contribution in [2.75, 3.05) is 21.2 Å². The zero-order chi connectivity index (χ0) is 22.0. The van der Waals surface area contributed by atoms with E-state index in [0.717, 1.165) is 22.4 Å². The Labute approximate surface area is 182 Å². The van der Waals surface area contributed by atoms with Crippen molar-refractivity contribution >= 4 is 11.8 Å². The SMILES string of the molecule is COc1ccc(C2C(C(=O)N(C)Cc3ccccc3)c3ccccc3C(=O)N2C)cc1. The second-order valence-corrected chi connectivity index (χ2v) is 7.88. The van der Waals surface area contributed by atoms with Gasteiger partial charge in [-0.1, -0.05) is 60.7 Å². The van der Waals surface area contributed by atoms with Crippen molar-refractivity contribution in [3.8, 4) is 5.75 Å². The summed E-state index contributed by atoms with van der Waals surface area (Å²) in [5, 5.41) is 0. The smallest absolute Gasteiger partial charge is 0.254 e. The number of fused-ring (bicyclic) bond motifs is 1. The van der Waals surface area contributed by atoms with E-state index >= 15 is 0 Å². The molecule has 0 bridgehead atoms. The fourth-order valence-corrected chi connectivity index (χ4v) is 4.33. The van der Waals surface area contributed by atoms with Gasteiger partial charge in [0.05, 0.1) is 19.1 Å². The number of likely N-dealkylation sites (N-methyl/N-ethyl adjacent to an activating group) is 2. The quantitative estimate of drug-likeness (QED) is 0.627. The molecule has 1 aliphatic rings. The highest BCUT2D eigenvalue weighted by Crippen LogP contribution is 2.43. The van der Waals surface area contributed by atoms with Crippen LogP contribution in [0.15, 0.2) is 78.9 Å². The lowest BCUT2D eigenvalue weighted by Gasteiger charge is -2.41. The number of rotatable bonds is 5. The van der Waals surface area contributed by atoms with Crippen LogP contribution < -0.4 is 4.74 Å². The fraction of sp³-hybridized carbons (Fsp3) is 0.231. The molecule has 3 aromatic rings. The maximum Gasteiger partial charge on any atom is 0.254 e. The van der Waals surface area contributed by atoms with Gasteiger partial charge in [-0.05, 0) is 34.9 Å². The predicted molar refractivity (Wildman–Crippen MR) is 120 cm³/mol. The van der Waals surface area contributed by atoms with Crippen molar-refractivity contribution in [3.63, 3.8) is 0 Å². The van der Waals surface area contributed by atoms with Gasteiger partial charge in [0.15, 0.2) is 0 Å². The summed E-state index contributed by atoms with van der Waals surface area (Å²) < 4.78 is 5.28. The first-order valence-electron chi connectivity index (χ1n) is 10.3. The minimum Gasteiger partial charge on any atom is -0.497 e. The Balaban J connectivity index is 1.76. The van der Waals surface area contributed by atoms with Crippen LogP contribution in [-0.4, -0.2) is 42.8 Å². The van der Waals surface area contributed by atoms with Crippen LogP contribution in [0.4, 0.5) is 0 Å². The number of methoxy groups -OCH3 is 1. The van der Waals surface area contributed by atoms with Gasteiger partial charge in [0.25, 0.3) is 5.91 Å². The summed E-state index contributed by atoms with van der Waals surface area (Å²) in [4.78, 5) is 30.3. The van der Waals surface area contributed by atoms with Crippen LogP contribution in [0.3, 0.4) is 0 Å². The Morgan fingerprint density at radius 3 is 2.29 bits per heavy atom. The van der Waals surface area contributed by atoms with Crippen LogP contribution in [0.2, 0.25) is 0 Å². The molecule has 1 heterocycles. The van der Waals surface area contributed by atoms with E-state index in [1.54, 1.807) is 30.0 Å². The second-order valence-electron chi connectivity index (χ2n) is 7.88. The number of carbonyl (C=O) groups excluding carboxylic acids is 2. The van der Waals surface area contributed by atoms with Gasteiger partial charge in [0, 0.05) is 26.2 Å². The Morgan fingerprint density at radius 1 is 0.968 bits per heavy atom. The second kappa shape index (κ2) is 8.64. The lowest BCUT2D eigenvalue weighted by atomic mass is 9.79. The highest BCUT2D eigenvalue weighted by atomic mass is 16.5. The van der Waals surface area contributed by atoms with Crippen LogP contribution in [0, 0.1) is 0 Å². The molecule has 2 unspecified atom stereocenters. The molecule has 5 nitrogen and oxygen atoms in total. The predicted octanol–water partition coefficient (Wildman–Crippen LogP) is 4.26. The van der Waals surface area contributed by atoms with E-state index in [9.17, 15) is 9.59 Å². The monoisotopic (exact) mass is 414 g/mol. The van der Waals surface area contributed by atoms with Crippen molar-refractivity contribution in [1.82, 2.24) is 9.80 Å². The molecule has 0 fully saturated rings. The Bertz CT molecular complexity index is 1080. The molecule has 2 amide bonds. The maximum atomic E-state index is 13.8. The van der Waals surface area contributed by atoms with E-state index in [0.29, 0.717) is 12.1 Å². The maximum absolute atomic E-state index is 13.8. The molecule has 31 heavy (non-hydrogen) atoms. The summed E-state index contributed by atoms with van der Waals surface area (Å²) >= 11 is 0. The zero-order valence-electron chi connectivity index (χ0n) is 18.0. The lowest BCUT2D eigenvalue weighted by Crippen LogP contribution is -2.45. The third-order valence-electron chi connectivity index (χ3n) is 5.94. The molecular formula is C26H26N2O3. The van der Waals surface area contributed by atoms with Crippen LogP contribution in [0.5, 0.6) is 5.75 Å². The zero-order valence-corrected chi connectivity index (χ0v) is 18.0. The van der Waals surface area contributed by atoms with E-state index in [2.05, 4.69) is 0 Å². The van der Waals surface area contributed by atoms with E-state index in [1.807, 2.05) is 79.8 Å². The van der Waals surface area contributed by atoms with Gasteiger partial charge < -0.3 is 14.5 Å². The fourth-order valence-electron chi connectivity index (χ4n) is 4.33. The molecule has 0 saturated carbocycles. The van der Waals surface area contributed by atoms with Gasteiger partial charge >= 0.3 is 0 Å². The number of hydrogen-bond acceptors (Lipinski definition) is 3. The number of hydrogen-bond donors (Lipinski definition) is 0. The molecule has 4 rings (SSSR count). The van der Waals surface area contributed by atoms with Crippen molar-refractivity contribution in [2.45, 2.75) is 18.5 Å². The Kier molecular flexibility index (Phi) is 5.76. The largest absolute Gasteiger partial charge is 0.497 e. The molecule has 3 aromatic carbocycles. The minimum absolute atomic E-state index is 0.0172. The summed E-state index contributed by atoms with van der Waals surface area (Å²) in [6.07, 6.45) is 0. The number of nitrogens with zero attached hydrogens (tertiary/aromatic N) is 2. The summed E-state index contributed by atoms with van der Waals surface area (Å²) in [7, 11) is 5.20. The van der Waals surface area contributed by atoms with E-state index < -0.39 is 12.0 Å². The Hall–Kier alpha value is -3.60. The van der Waals surface area contributed by atoms with E-state index in [1.165, 1.54) is 0 Å². The molecule has 0 aliphatic carbocycles. The molecule has 0 aromatic heterocycles. The van der Waals surface area contributed by atoms with Crippen LogP contribution in [0.1, 0.15) is 39.0 Å². The summed E-state index contributed by atoms with van der Waals surface area (Å²) in [5.41, 5.74) is 3.32. The molecule has 0 spiro atoms. The third-order valence-corrected chi connectivity index (χ3v) is 5.94. The van der Waals surface area contributed by atoms with Crippen molar-refractivity contribution in [1.29, 1.82) is 0 Å². The third kappa shape index (κ3) is 3.91. The topological polar surface area (TPSA) is 49.9 Å². The lowest BCUT2D eigenvalue weighted by molar-refractivity contribution is -0.133. The highest BCUT2D eigenvalue weighted by Gasteiger charge is 2.43. The Morgan fingerprint density at radius 2 is 1.61 bits per heavy atom. The normalized spacial score (nSPS) is 17.8. The van der Waals surface area contributed by atoms with Gasteiger partial charge in [0.1, 0.15) is 5.75 Å². The van der Waals surface area contributed by atoms with Gasteiger partial charge in [-0.2, -0.15) is 0 Å². The number of ether oxygens (including phenoxy) is 1. The van der Waals surface area contributed by atoms with Crippen LogP contribution in [0.25, 0.3) is 0 Å². The molecule has 2 atom stereocenters. The van der Waals surface area contributed by atoms with E-state index in [4.69, 9.17) is 4.74 Å². The number of amides is 2. The number of benzene rings is 3. The van der Waals surface area contributed by atoms with Gasteiger partial charge in [0.2, 0.25) is 5.91 Å². The molecule has 1 aliphatic heterocycles. The molecular weight excluding hydrogens is 388 g/mol. The first kappa shape index (κ1) is 20.7. The van der Waals surface area contributed by atoms with Crippen molar-refractivity contribution in [2.24, 2.45) is 0 Å². The minimum atomic E-state index is -0.499. The van der Waals surface area contributed by atoms with Crippen molar-refractivity contribution in [3.05, 3.63) is 101 Å². The number of carbonyl (C=O) groups is 2. The van der Waals surface area contributed by atoms with Crippen LogP contribution in [-0.2, 0) is 11.3 Å². The summed E-state index contributed by atoms with van der Waals surface area (Å²) in [6.45, 7) is 0.505. The first-order chi connectivity index (χ1) is 15.0. The molecule has 0 N–H and O–H groups in total. The summed E-state index contributed by atoms with van der Waals surface area (Å²) in [6, 6.07) is 24.5. The van der Waals surface area contributed by atoms with E-state index in [-0.39, 0.29) is 11.8 Å². The molecule has 5 heteroatoms. The van der Waals surface area contributed by atoms with Gasteiger partial charge in [-0.3, -0.25) is 9.59 Å². The average molecular weight is 415 g/mol. The molecule has 0 radical (unpaired) electrons. The summed E-state index contributed by atoms with van der Waals surface area (Å²) in [5.74, 6) is 0.140. The van der Waals surface area contributed by atoms with Crippen LogP contribution >= 0.6 is 0 Å².